The zero-order valence-corrected chi connectivity index (χ0v) is 7.40. The van der Waals surface area contributed by atoms with Crippen LogP contribution < -0.4 is 0 Å². The Labute approximate surface area is 65.5 Å². The second-order valence-corrected chi connectivity index (χ2v) is 3.39. The topological polar surface area (TPSA) is 25.8 Å². The van der Waals surface area contributed by atoms with Crippen LogP contribution in [0, 0.1) is 0 Å². The van der Waals surface area contributed by atoms with Crippen molar-refractivity contribution in [2.75, 3.05) is 0 Å². The summed E-state index contributed by atoms with van der Waals surface area (Å²) in [4.78, 5) is 4.34. The molecule has 0 saturated carbocycles. The maximum atomic E-state index is 4.34. The standard InChI is InChI=1S/C7H12N2S/c1-4-6-8-7(5(2)3)9-10-6/h5H,4H2,1-3H3. The first-order chi connectivity index (χ1) is 4.74. The van der Waals surface area contributed by atoms with Crippen molar-refractivity contribution >= 4 is 11.5 Å². The highest BCUT2D eigenvalue weighted by molar-refractivity contribution is 7.05. The normalized spacial score (nSPS) is 10.8. The van der Waals surface area contributed by atoms with Crippen LogP contribution in [0.5, 0.6) is 0 Å². The van der Waals surface area contributed by atoms with Crippen molar-refractivity contribution in [1.29, 1.82) is 0 Å². The first-order valence-corrected chi connectivity index (χ1v) is 4.33. The number of hydrogen-bond acceptors (Lipinski definition) is 3. The minimum atomic E-state index is 0.469. The van der Waals surface area contributed by atoms with E-state index < -0.39 is 0 Å². The van der Waals surface area contributed by atoms with Crippen LogP contribution in [0.1, 0.15) is 37.5 Å². The van der Waals surface area contributed by atoms with E-state index in [1.165, 1.54) is 11.5 Å². The van der Waals surface area contributed by atoms with Crippen molar-refractivity contribution in [3.8, 4) is 0 Å². The van der Waals surface area contributed by atoms with Gasteiger partial charge in [0.05, 0.1) is 0 Å². The van der Waals surface area contributed by atoms with Crippen molar-refractivity contribution in [1.82, 2.24) is 9.36 Å². The zero-order chi connectivity index (χ0) is 7.56. The molecule has 1 aromatic heterocycles. The molecule has 0 saturated heterocycles. The van der Waals surface area contributed by atoms with Gasteiger partial charge in [-0.25, -0.2) is 4.98 Å². The fourth-order valence-corrected chi connectivity index (χ4v) is 1.36. The molecule has 0 aliphatic carbocycles. The number of rotatable bonds is 2. The first-order valence-electron chi connectivity index (χ1n) is 3.56. The van der Waals surface area contributed by atoms with Gasteiger partial charge < -0.3 is 0 Å². The molecule has 3 heteroatoms. The number of hydrogen-bond donors (Lipinski definition) is 0. The molecular weight excluding hydrogens is 144 g/mol. The number of aryl methyl sites for hydroxylation is 1. The van der Waals surface area contributed by atoms with Gasteiger partial charge in [-0.15, -0.1) is 0 Å². The van der Waals surface area contributed by atoms with Gasteiger partial charge in [-0.3, -0.25) is 0 Å². The molecule has 1 heterocycles. The molecular formula is C7H12N2S. The van der Waals surface area contributed by atoms with Crippen LogP contribution in [0.2, 0.25) is 0 Å². The van der Waals surface area contributed by atoms with Crippen LogP contribution in [0.25, 0.3) is 0 Å². The zero-order valence-electron chi connectivity index (χ0n) is 6.59. The van der Waals surface area contributed by atoms with Crippen molar-refractivity contribution in [2.24, 2.45) is 0 Å². The van der Waals surface area contributed by atoms with Gasteiger partial charge in [0.1, 0.15) is 10.8 Å². The third-order valence-electron chi connectivity index (χ3n) is 1.30. The Morgan fingerprint density at radius 3 is 2.50 bits per heavy atom. The van der Waals surface area contributed by atoms with Gasteiger partial charge in [-0.05, 0) is 18.0 Å². The van der Waals surface area contributed by atoms with Crippen LogP contribution in [-0.2, 0) is 6.42 Å². The third kappa shape index (κ3) is 1.53. The van der Waals surface area contributed by atoms with Gasteiger partial charge >= 0.3 is 0 Å². The SMILES string of the molecule is CCc1nc(C(C)C)ns1. The van der Waals surface area contributed by atoms with Crippen molar-refractivity contribution in [3.63, 3.8) is 0 Å². The molecule has 0 aliphatic heterocycles. The average molecular weight is 156 g/mol. The Balaban J connectivity index is 2.78. The molecule has 0 fully saturated rings. The quantitative estimate of drug-likeness (QED) is 0.656. The second-order valence-electron chi connectivity index (χ2n) is 2.55. The molecule has 0 unspecified atom stereocenters. The molecule has 0 bridgehead atoms. The van der Waals surface area contributed by atoms with E-state index in [0.717, 1.165) is 17.3 Å². The minimum Gasteiger partial charge on any atom is -0.224 e. The third-order valence-corrected chi connectivity index (χ3v) is 2.17. The molecule has 1 rings (SSSR count). The summed E-state index contributed by atoms with van der Waals surface area (Å²) in [6.45, 7) is 6.33. The largest absolute Gasteiger partial charge is 0.224 e. The summed E-state index contributed by atoms with van der Waals surface area (Å²) in [5.74, 6) is 1.46. The summed E-state index contributed by atoms with van der Waals surface area (Å²) in [7, 11) is 0. The van der Waals surface area contributed by atoms with Crippen molar-refractivity contribution < 1.29 is 0 Å². The number of nitrogens with zero attached hydrogens (tertiary/aromatic N) is 2. The minimum absolute atomic E-state index is 0.469. The summed E-state index contributed by atoms with van der Waals surface area (Å²) in [5.41, 5.74) is 0. The molecule has 0 amide bonds. The predicted molar refractivity (Wildman–Crippen MR) is 43.4 cm³/mol. The van der Waals surface area contributed by atoms with E-state index in [0.29, 0.717) is 5.92 Å². The van der Waals surface area contributed by atoms with Gasteiger partial charge in [-0.1, -0.05) is 20.8 Å². The molecule has 10 heavy (non-hydrogen) atoms. The molecule has 0 aliphatic rings. The van der Waals surface area contributed by atoms with E-state index in [-0.39, 0.29) is 0 Å². The van der Waals surface area contributed by atoms with E-state index >= 15 is 0 Å². The van der Waals surface area contributed by atoms with Crippen LogP contribution >= 0.6 is 11.5 Å². The van der Waals surface area contributed by atoms with Gasteiger partial charge in [-0.2, -0.15) is 4.37 Å². The molecule has 1 aromatic rings. The lowest BCUT2D eigenvalue weighted by Gasteiger charge is -1.93. The predicted octanol–water partition coefficient (Wildman–Crippen LogP) is 2.22. The van der Waals surface area contributed by atoms with Crippen LogP contribution in [-0.4, -0.2) is 9.36 Å². The maximum absolute atomic E-state index is 4.34. The second kappa shape index (κ2) is 3.10. The summed E-state index contributed by atoms with van der Waals surface area (Å²) in [6.07, 6.45) is 1.00. The Morgan fingerprint density at radius 1 is 1.50 bits per heavy atom. The highest BCUT2D eigenvalue weighted by Crippen LogP contribution is 2.13. The van der Waals surface area contributed by atoms with Crippen LogP contribution in [0.15, 0.2) is 0 Å². The van der Waals surface area contributed by atoms with Crippen LogP contribution in [0.4, 0.5) is 0 Å². The van der Waals surface area contributed by atoms with E-state index in [2.05, 4.69) is 30.1 Å². The Kier molecular flexibility index (Phi) is 2.38. The van der Waals surface area contributed by atoms with E-state index in [9.17, 15) is 0 Å². The fourth-order valence-electron chi connectivity index (χ4n) is 0.646. The summed E-state index contributed by atoms with van der Waals surface area (Å²) in [6, 6.07) is 0. The highest BCUT2D eigenvalue weighted by Gasteiger charge is 2.04. The molecule has 0 spiro atoms. The molecule has 56 valence electrons. The number of aromatic nitrogens is 2. The van der Waals surface area contributed by atoms with Gasteiger partial charge in [0.25, 0.3) is 0 Å². The average Bonchev–Trinajstić information content (AvgIpc) is 2.34. The van der Waals surface area contributed by atoms with Gasteiger partial charge in [0.15, 0.2) is 0 Å². The lowest BCUT2D eigenvalue weighted by molar-refractivity contribution is 0.791. The summed E-state index contributed by atoms with van der Waals surface area (Å²) >= 11 is 1.52. The maximum Gasteiger partial charge on any atom is 0.145 e. The van der Waals surface area contributed by atoms with Gasteiger partial charge in [0.2, 0.25) is 0 Å². The molecule has 0 aromatic carbocycles. The van der Waals surface area contributed by atoms with Crippen LogP contribution in [0.3, 0.4) is 0 Å². The molecule has 0 radical (unpaired) electrons. The Hall–Kier alpha value is -0.440. The summed E-state index contributed by atoms with van der Waals surface area (Å²) < 4.78 is 4.22. The lowest BCUT2D eigenvalue weighted by atomic mass is 10.2. The Bertz CT molecular complexity index is 205. The summed E-state index contributed by atoms with van der Waals surface area (Å²) in [5, 5.41) is 1.14. The van der Waals surface area contributed by atoms with E-state index in [1.807, 2.05) is 0 Å². The lowest BCUT2D eigenvalue weighted by Crippen LogP contribution is -1.89. The van der Waals surface area contributed by atoms with Crippen molar-refractivity contribution in [3.05, 3.63) is 10.8 Å². The molecule has 2 nitrogen and oxygen atoms in total. The van der Waals surface area contributed by atoms with Gasteiger partial charge in [0, 0.05) is 5.92 Å². The van der Waals surface area contributed by atoms with E-state index in [4.69, 9.17) is 0 Å². The van der Waals surface area contributed by atoms with Crippen molar-refractivity contribution in [2.45, 2.75) is 33.1 Å². The highest BCUT2D eigenvalue weighted by atomic mass is 32.1. The monoisotopic (exact) mass is 156 g/mol. The molecule has 0 N–H and O–H groups in total. The molecule has 0 atom stereocenters. The van der Waals surface area contributed by atoms with E-state index in [1.54, 1.807) is 0 Å². The smallest absolute Gasteiger partial charge is 0.145 e. The first kappa shape index (κ1) is 7.66. The fraction of sp³-hybridized carbons (Fsp3) is 0.714. The Morgan fingerprint density at radius 2 is 2.20 bits per heavy atom.